The van der Waals surface area contributed by atoms with Gasteiger partial charge in [-0.05, 0) is 23.6 Å². The van der Waals surface area contributed by atoms with E-state index in [0.717, 1.165) is 16.8 Å². The number of carbonyl (C=O) groups excluding carboxylic acids is 1. The second-order valence-corrected chi connectivity index (χ2v) is 6.02. The first-order valence-electron chi connectivity index (χ1n) is 7.88. The highest BCUT2D eigenvalue weighted by Gasteiger charge is 2.07. The van der Waals surface area contributed by atoms with E-state index in [4.69, 9.17) is 0 Å². The fourth-order valence-corrected chi connectivity index (χ4v) is 2.43. The lowest BCUT2D eigenvalue weighted by molar-refractivity contribution is -0.116. The quantitative estimate of drug-likeness (QED) is 0.648. The highest BCUT2D eigenvalue weighted by molar-refractivity contribution is 5.90. The summed E-state index contributed by atoms with van der Waals surface area (Å²) in [6.45, 7) is 4.63. The van der Waals surface area contributed by atoms with E-state index in [9.17, 15) is 4.79 Å². The Morgan fingerprint density at radius 2 is 2.12 bits per heavy atom. The number of hydrogen-bond donors (Lipinski definition) is 3. The van der Waals surface area contributed by atoms with Crippen molar-refractivity contribution in [1.29, 1.82) is 0 Å². The van der Waals surface area contributed by atoms with Crippen LogP contribution in [0.5, 0.6) is 0 Å². The minimum absolute atomic E-state index is 0.0325. The lowest BCUT2D eigenvalue weighted by Crippen LogP contribution is -2.14. The molecule has 1 amide bonds. The van der Waals surface area contributed by atoms with Gasteiger partial charge in [-0.3, -0.25) is 4.79 Å². The second-order valence-electron chi connectivity index (χ2n) is 6.02. The number of hydrogen-bond acceptors (Lipinski definition) is 5. The van der Waals surface area contributed by atoms with Crippen molar-refractivity contribution >= 4 is 28.6 Å². The SMILES string of the molecule is CC(C)CC(=O)Nc1cccc(CNc2ncnc3nc[nH]c23)c1. The molecule has 7 nitrogen and oxygen atoms in total. The van der Waals surface area contributed by atoms with Crippen LogP contribution in [0.3, 0.4) is 0 Å². The highest BCUT2D eigenvalue weighted by atomic mass is 16.1. The van der Waals surface area contributed by atoms with Gasteiger partial charge in [0.25, 0.3) is 0 Å². The third-order valence-corrected chi connectivity index (χ3v) is 3.49. The monoisotopic (exact) mass is 324 g/mol. The van der Waals surface area contributed by atoms with Crippen molar-refractivity contribution in [3.63, 3.8) is 0 Å². The van der Waals surface area contributed by atoms with Crippen LogP contribution in [0.4, 0.5) is 11.5 Å². The summed E-state index contributed by atoms with van der Waals surface area (Å²) in [4.78, 5) is 27.3. The minimum atomic E-state index is 0.0325. The number of carbonyl (C=O) groups is 1. The van der Waals surface area contributed by atoms with E-state index in [1.165, 1.54) is 6.33 Å². The van der Waals surface area contributed by atoms with E-state index < -0.39 is 0 Å². The number of aromatic nitrogens is 4. The molecular weight excluding hydrogens is 304 g/mol. The maximum absolute atomic E-state index is 11.9. The number of nitrogens with zero attached hydrogens (tertiary/aromatic N) is 3. The van der Waals surface area contributed by atoms with Crippen LogP contribution in [-0.4, -0.2) is 25.8 Å². The Kier molecular flexibility index (Phi) is 4.69. The molecule has 2 aromatic heterocycles. The minimum Gasteiger partial charge on any atom is -0.364 e. The molecule has 0 spiro atoms. The molecule has 0 saturated carbocycles. The third-order valence-electron chi connectivity index (χ3n) is 3.49. The number of anilines is 2. The Morgan fingerprint density at radius 1 is 1.25 bits per heavy atom. The fraction of sp³-hybridized carbons (Fsp3) is 0.294. The Balaban J connectivity index is 1.66. The smallest absolute Gasteiger partial charge is 0.224 e. The van der Waals surface area contributed by atoms with Crippen LogP contribution in [0.1, 0.15) is 25.8 Å². The molecule has 0 fully saturated rings. The van der Waals surface area contributed by atoms with E-state index in [1.807, 2.05) is 38.1 Å². The molecule has 0 bridgehead atoms. The van der Waals surface area contributed by atoms with Gasteiger partial charge in [0.2, 0.25) is 5.91 Å². The molecule has 0 aliphatic rings. The second kappa shape index (κ2) is 7.08. The van der Waals surface area contributed by atoms with Gasteiger partial charge in [-0.1, -0.05) is 26.0 Å². The molecule has 7 heteroatoms. The summed E-state index contributed by atoms with van der Waals surface area (Å²) >= 11 is 0. The zero-order valence-corrected chi connectivity index (χ0v) is 13.7. The molecule has 0 radical (unpaired) electrons. The predicted molar refractivity (Wildman–Crippen MR) is 93.5 cm³/mol. The van der Waals surface area contributed by atoms with Gasteiger partial charge in [0.15, 0.2) is 11.5 Å². The topological polar surface area (TPSA) is 95.6 Å². The number of amides is 1. The Labute approximate surface area is 139 Å². The Hall–Kier alpha value is -2.96. The van der Waals surface area contributed by atoms with Crippen LogP contribution < -0.4 is 10.6 Å². The van der Waals surface area contributed by atoms with Gasteiger partial charge in [-0.15, -0.1) is 0 Å². The Morgan fingerprint density at radius 3 is 2.96 bits per heavy atom. The number of nitrogens with one attached hydrogen (secondary N) is 3. The van der Waals surface area contributed by atoms with Gasteiger partial charge in [-0.2, -0.15) is 0 Å². The van der Waals surface area contributed by atoms with Crippen LogP contribution in [-0.2, 0) is 11.3 Å². The van der Waals surface area contributed by atoms with E-state index in [-0.39, 0.29) is 5.91 Å². The van der Waals surface area contributed by atoms with Crippen LogP contribution in [0.2, 0.25) is 0 Å². The average Bonchev–Trinajstić information content (AvgIpc) is 3.01. The van der Waals surface area contributed by atoms with Gasteiger partial charge in [0.05, 0.1) is 6.33 Å². The normalized spacial score (nSPS) is 11.0. The first-order chi connectivity index (χ1) is 11.6. The van der Waals surface area contributed by atoms with Crippen LogP contribution in [0.15, 0.2) is 36.9 Å². The molecule has 0 aliphatic heterocycles. The Bertz CT molecular complexity index is 842. The molecule has 0 aliphatic carbocycles. The van der Waals surface area contributed by atoms with Crippen molar-refractivity contribution < 1.29 is 4.79 Å². The van der Waals surface area contributed by atoms with Crippen LogP contribution >= 0.6 is 0 Å². The maximum atomic E-state index is 11.9. The van der Waals surface area contributed by atoms with Gasteiger partial charge in [0, 0.05) is 18.7 Å². The molecule has 24 heavy (non-hydrogen) atoms. The maximum Gasteiger partial charge on any atom is 0.224 e. The van der Waals surface area contributed by atoms with Gasteiger partial charge in [-0.25, -0.2) is 15.0 Å². The van der Waals surface area contributed by atoms with E-state index in [2.05, 4.69) is 30.6 Å². The first kappa shape index (κ1) is 15.9. The third kappa shape index (κ3) is 3.87. The molecule has 3 aromatic rings. The molecule has 1 aromatic carbocycles. The molecule has 0 atom stereocenters. The summed E-state index contributed by atoms with van der Waals surface area (Å²) in [6, 6.07) is 7.76. The summed E-state index contributed by atoms with van der Waals surface area (Å²) in [5, 5.41) is 6.20. The van der Waals surface area contributed by atoms with Gasteiger partial charge < -0.3 is 15.6 Å². The lowest BCUT2D eigenvalue weighted by atomic mass is 10.1. The molecule has 0 saturated heterocycles. The van der Waals surface area contributed by atoms with Crippen molar-refractivity contribution in [1.82, 2.24) is 19.9 Å². The van der Waals surface area contributed by atoms with E-state index in [0.29, 0.717) is 30.3 Å². The molecular formula is C17H20N6O. The summed E-state index contributed by atoms with van der Waals surface area (Å²) in [7, 11) is 0. The zero-order chi connectivity index (χ0) is 16.9. The highest BCUT2D eigenvalue weighted by Crippen LogP contribution is 2.17. The standard InChI is InChI=1S/C17H20N6O/c1-11(2)6-14(24)23-13-5-3-4-12(7-13)8-18-16-15-17(20-9-19-15)22-10-21-16/h3-5,7,9-11H,6,8H2,1-2H3,(H,23,24)(H2,18,19,20,21,22). The van der Waals surface area contributed by atoms with Crippen LogP contribution in [0, 0.1) is 5.92 Å². The number of benzene rings is 1. The summed E-state index contributed by atoms with van der Waals surface area (Å²) in [5.41, 5.74) is 3.25. The number of fused-ring (bicyclic) bond motifs is 1. The van der Waals surface area contributed by atoms with Crippen LogP contribution in [0.25, 0.3) is 11.2 Å². The molecule has 124 valence electrons. The molecule has 2 heterocycles. The largest absolute Gasteiger partial charge is 0.364 e. The summed E-state index contributed by atoms with van der Waals surface area (Å²) in [5.74, 6) is 1.07. The lowest BCUT2D eigenvalue weighted by Gasteiger charge is -2.10. The number of H-pyrrole nitrogens is 1. The number of imidazole rings is 1. The predicted octanol–water partition coefficient (Wildman–Crippen LogP) is 2.95. The average molecular weight is 324 g/mol. The van der Waals surface area contributed by atoms with E-state index >= 15 is 0 Å². The molecule has 0 unspecified atom stereocenters. The summed E-state index contributed by atoms with van der Waals surface area (Å²) in [6.07, 6.45) is 3.59. The number of rotatable bonds is 6. The molecule has 3 N–H and O–H groups in total. The summed E-state index contributed by atoms with van der Waals surface area (Å²) < 4.78 is 0. The van der Waals surface area contributed by atoms with Crippen molar-refractivity contribution in [3.8, 4) is 0 Å². The molecule has 3 rings (SSSR count). The zero-order valence-electron chi connectivity index (χ0n) is 13.7. The van der Waals surface area contributed by atoms with Gasteiger partial charge >= 0.3 is 0 Å². The first-order valence-corrected chi connectivity index (χ1v) is 7.88. The van der Waals surface area contributed by atoms with E-state index in [1.54, 1.807) is 6.33 Å². The van der Waals surface area contributed by atoms with Gasteiger partial charge in [0.1, 0.15) is 11.8 Å². The van der Waals surface area contributed by atoms with Crippen molar-refractivity contribution in [2.45, 2.75) is 26.8 Å². The fourth-order valence-electron chi connectivity index (χ4n) is 2.43. The van der Waals surface area contributed by atoms with Crippen molar-refractivity contribution in [2.75, 3.05) is 10.6 Å². The van der Waals surface area contributed by atoms with Crippen molar-refractivity contribution in [2.24, 2.45) is 5.92 Å². The van der Waals surface area contributed by atoms with Crippen molar-refractivity contribution in [3.05, 3.63) is 42.5 Å². The number of aromatic amines is 1.